The zero-order valence-electron chi connectivity index (χ0n) is 18.1. The summed E-state index contributed by atoms with van der Waals surface area (Å²) in [6.45, 7) is 1.26. The number of thiophene rings is 1. The Morgan fingerprint density at radius 2 is 1.64 bits per heavy atom. The Labute approximate surface area is 199 Å². The van der Waals surface area contributed by atoms with E-state index in [9.17, 15) is 14.4 Å². The predicted molar refractivity (Wildman–Crippen MR) is 127 cm³/mol. The predicted octanol–water partition coefficient (Wildman–Crippen LogP) is 4.77. The van der Waals surface area contributed by atoms with Gasteiger partial charge in [-0.15, -0.1) is 11.3 Å². The molecule has 0 saturated carbocycles. The standard InChI is InChI=1S/C23H21ClN2O6S/c1-13-19(23(29)31-3)22(26-18(27)12-32-16-10-6-4-8-14(16)24)33-20(13)21(28)25-15-9-5-7-11-17(15)30-2/h4-11H,12H2,1-3H3,(H,25,28)(H,26,27). The lowest BCUT2D eigenvalue weighted by Crippen LogP contribution is -2.21. The number of hydrogen-bond donors (Lipinski definition) is 2. The van der Waals surface area contributed by atoms with E-state index in [0.29, 0.717) is 27.8 Å². The number of carbonyl (C=O) groups excluding carboxylic acids is 3. The highest BCUT2D eigenvalue weighted by Gasteiger charge is 2.27. The molecule has 33 heavy (non-hydrogen) atoms. The van der Waals surface area contributed by atoms with Crippen molar-refractivity contribution in [3.8, 4) is 11.5 Å². The minimum absolute atomic E-state index is 0.0961. The van der Waals surface area contributed by atoms with Gasteiger partial charge in [-0.3, -0.25) is 9.59 Å². The average molecular weight is 489 g/mol. The number of anilines is 2. The molecule has 3 rings (SSSR count). The largest absolute Gasteiger partial charge is 0.495 e. The molecule has 0 fully saturated rings. The molecule has 0 unspecified atom stereocenters. The Morgan fingerprint density at radius 1 is 0.970 bits per heavy atom. The number of methoxy groups -OCH3 is 2. The summed E-state index contributed by atoms with van der Waals surface area (Å²) in [6.07, 6.45) is 0. The molecule has 0 spiro atoms. The van der Waals surface area contributed by atoms with E-state index >= 15 is 0 Å². The van der Waals surface area contributed by atoms with E-state index in [4.69, 9.17) is 25.8 Å². The Kier molecular flexibility index (Phi) is 7.92. The van der Waals surface area contributed by atoms with Crippen LogP contribution in [0.4, 0.5) is 10.7 Å². The average Bonchev–Trinajstić information content (AvgIpc) is 3.14. The second-order valence-electron chi connectivity index (χ2n) is 6.67. The molecule has 0 aliphatic heterocycles. The van der Waals surface area contributed by atoms with Gasteiger partial charge in [0, 0.05) is 0 Å². The number of rotatable bonds is 8. The highest BCUT2D eigenvalue weighted by molar-refractivity contribution is 7.19. The van der Waals surface area contributed by atoms with Crippen LogP contribution in [-0.2, 0) is 9.53 Å². The third-order valence-corrected chi connectivity index (χ3v) is 6.06. The lowest BCUT2D eigenvalue weighted by Gasteiger charge is -2.09. The SMILES string of the molecule is COC(=O)c1c(NC(=O)COc2ccccc2Cl)sc(C(=O)Nc2ccccc2OC)c1C. The quantitative estimate of drug-likeness (QED) is 0.442. The van der Waals surface area contributed by atoms with Gasteiger partial charge in [-0.25, -0.2) is 4.79 Å². The van der Waals surface area contributed by atoms with Gasteiger partial charge in [-0.1, -0.05) is 35.9 Å². The Bertz CT molecular complexity index is 1190. The van der Waals surface area contributed by atoms with E-state index in [0.717, 1.165) is 11.3 Å². The van der Waals surface area contributed by atoms with Crippen LogP contribution in [0.25, 0.3) is 0 Å². The summed E-state index contributed by atoms with van der Waals surface area (Å²) >= 11 is 6.99. The minimum atomic E-state index is -0.678. The first-order chi connectivity index (χ1) is 15.8. The number of para-hydroxylation sites is 3. The molecule has 0 aliphatic carbocycles. The third-order valence-electron chi connectivity index (χ3n) is 4.55. The molecule has 0 bridgehead atoms. The van der Waals surface area contributed by atoms with Crippen LogP contribution in [0.2, 0.25) is 5.02 Å². The van der Waals surface area contributed by atoms with Crippen molar-refractivity contribution in [2.24, 2.45) is 0 Å². The van der Waals surface area contributed by atoms with Gasteiger partial charge >= 0.3 is 5.97 Å². The molecule has 8 nitrogen and oxygen atoms in total. The molecular formula is C23H21ClN2O6S. The number of esters is 1. The van der Waals surface area contributed by atoms with Crippen LogP contribution in [-0.4, -0.2) is 38.6 Å². The molecule has 172 valence electrons. The van der Waals surface area contributed by atoms with Crippen molar-refractivity contribution in [3.63, 3.8) is 0 Å². The second kappa shape index (κ2) is 10.8. The topological polar surface area (TPSA) is 103 Å². The first-order valence-corrected chi connectivity index (χ1v) is 10.9. The summed E-state index contributed by atoms with van der Waals surface area (Å²) in [5.74, 6) is -0.833. The number of amides is 2. The molecular weight excluding hydrogens is 468 g/mol. The fourth-order valence-corrected chi connectivity index (χ4v) is 4.26. The number of ether oxygens (including phenoxy) is 3. The first kappa shape index (κ1) is 24.1. The maximum atomic E-state index is 13.0. The smallest absolute Gasteiger partial charge is 0.341 e. The van der Waals surface area contributed by atoms with Gasteiger partial charge in [-0.2, -0.15) is 0 Å². The van der Waals surface area contributed by atoms with E-state index in [1.165, 1.54) is 14.2 Å². The second-order valence-corrected chi connectivity index (χ2v) is 8.10. The number of halogens is 1. The van der Waals surface area contributed by atoms with E-state index in [-0.39, 0.29) is 22.0 Å². The molecule has 0 radical (unpaired) electrons. The molecule has 1 heterocycles. The molecule has 2 N–H and O–H groups in total. The molecule has 3 aromatic rings. The Hall–Kier alpha value is -3.56. The summed E-state index contributed by atoms with van der Waals surface area (Å²) in [4.78, 5) is 38.1. The summed E-state index contributed by atoms with van der Waals surface area (Å²) in [5.41, 5.74) is 0.941. The van der Waals surface area contributed by atoms with Crippen molar-refractivity contribution in [1.82, 2.24) is 0 Å². The molecule has 2 aromatic carbocycles. The maximum absolute atomic E-state index is 13.0. The van der Waals surface area contributed by atoms with Crippen LogP contribution >= 0.6 is 22.9 Å². The first-order valence-electron chi connectivity index (χ1n) is 9.69. The van der Waals surface area contributed by atoms with Crippen molar-refractivity contribution in [3.05, 3.63) is 69.6 Å². The summed E-state index contributed by atoms with van der Waals surface area (Å²) in [5, 5.41) is 5.93. The normalized spacial score (nSPS) is 10.3. The Balaban J connectivity index is 1.82. The molecule has 0 saturated heterocycles. The summed E-state index contributed by atoms with van der Waals surface area (Å²) in [6, 6.07) is 13.7. The number of benzene rings is 2. The molecule has 10 heteroatoms. The number of nitrogens with one attached hydrogen (secondary N) is 2. The van der Waals surface area contributed by atoms with Crippen LogP contribution in [0, 0.1) is 6.92 Å². The molecule has 1 aromatic heterocycles. The van der Waals surface area contributed by atoms with E-state index in [2.05, 4.69) is 10.6 Å². The van der Waals surface area contributed by atoms with Crippen molar-refractivity contribution < 1.29 is 28.6 Å². The van der Waals surface area contributed by atoms with E-state index in [1.807, 2.05) is 0 Å². The van der Waals surface area contributed by atoms with Crippen LogP contribution in [0.5, 0.6) is 11.5 Å². The van der Waals surface area contributed by atoms with Gasteiger partial charge in [0.05, 0.1) is 35.4 Å². The van der Waals surface area contributed by atoms with E-state index < -0.39 is 17.8 Å². The molecule has 0 aliphatic rings. The Morgan fingerprint density at radius 3 is 2.30 bits per heavy atom. The van der Waals surface area contributed by atoms with Crippen LogP contribution in [0.15, 0.2) is 48.5 Å². The fraction of sp³-hybridized carbons (Fsp3) is 0.174. The van der Waals surface area contributed by atoms with Gasteiger partial charge in [0.2, 0.25) is 0 Å². The molecule has 0 atom stereocenters. The lowest BCUT2D eigenvalue weighted by atomic mass is 10.1. The van der Waals surface area contributed by atoms with Crippen molar-refractivity contribution >= 4 is 51.4 Å². The highest BCUT2D eigenvalue weighted by atomic mass is 35.5. The minimum Gasteiger partial charge on any atom is -0.495 e. The zero-order valence-corrected chi connectivity index (χ0v) is 19.6. The van der Waals surface area contributed by atoms with Crippen molar-refractivity contribution in [2.45, 2.75) is 6.92 Å². The zero-order chi connectivity index (χ0) is 24.0. The van der Waals surface area contributed by atoms with Crippen LogP contribution in [0.1, 0.15) is 25.6 Å². The third kappa shape index (κ3) is 5.63. The van der Waals surface area contributed by atoms with Crippen molar-refractivity contribution in [1.29, 1.82) is 0 Å². The van der Waals surface area contributed by atoms with E-state index in [1.54, 1.807) is 55.5 Å². The highest BCUT2D eigenvalue weighted by Crippen LogP contribution is 2.35. The van der Waals surface area contributed by atoms with Crippen LogP contribution < -0.4 is 20.1 Å². The van der Waals surface area contributed by atoms with Gasteiger partial charge < -0.3 is 24.8 Å². The monoisotopic (exact) mass is 488 g/mol. The van der Waals surface area contributed by atoms with Crippen molar-refractivity contribution in [2.75, 3.05) is 31.5 Å². The summed E-state index contributed by atoms with van der Waals surface area (Å²) in [7, 11) is 2.72. The van der Waals surface area contributed by atoms with Gasteiger partial charge in [0.15, 0.2) is 6.61 Å². The molecule has 2 amide bonds. The van der Waals surface area contributed by atoms with Crippen LogP contribution in [0.3, 0.4) is 0 Å². The maximum Gasteiger partial charge on any atom is 0.341 e. The van der Waals surface area contributed by atoms with Gasteiger partial charge in [0.1, 0.15) is 16.5 Å². The number of carbonyl (C=O) groups is 3. The van der Waals surface area contributed by atoms with Gasteiger partial charge in [0.25, 0.3) is 11.8 Å². The summed E-state index contributed by atoms with van der Waals surface area (Å²) < 4.78 is 15.5. The fourth-order valence-electron chi connectivity index (χ4n) is 2.96. The van der Waals surface area contributed by atoms with Gasteiger partial charge in [-0.05, 0) is 36.8 Å². The lowest BCUT2D eigenvalue weighted by molar-refractivity contribution is -0.118. The number of hydrogen-bond acceptors (Lipinski definition) is 7.